The first kappa shape index (κ1) is 13.4. The van der Waals surface area contributed by atoms with Crippen LogP contribution in [0.2, 0.25) is 0 Å². The van der Waals surface area contributed by atoms with Gasteiger partial charge in [0.1, 0.15) is 0 Å². The van der Waals surface area contributed by atoms with E-state index in [9.17, 15) is 4.79 Å². The molecule has 1 aromatic carbocycles. The summed E-state index contributed by atoms with van der Waals surface area (Å²) in [6.07, 6.45) is 2.07. The van der Waals surface area contributed by atoms with Crippen molar-refractivity contribution < 1.29 is 4.79 Å². The minimum Gasteiger partial charge on any atom is -0.352 e. The quantitative estimate of drug-likeness (QED) is 0.880. The largest absolute Gasteiger partial charge is 0.352 e. The highest BCUT2D eigenvalue weighted by Gasteiger charge is 2.44. The maximum atomic E-state index is 11.8. The summed E-state index contributed by atoms with van der Waals surface area (Å²) < 4.78 is 0. The summed E-state index contributed by atoms with van der Waals surface area (Å²) in [6.45, 7) is 4.62. The van der Waals surface area contributed by atoms with E-state index in [1.54, 1.807) is 0 Å². The van der Waals surface area contributed by atoms with Crippen molar-refractivity contribution in [2.45, 2.75) is 39.4 Å². The Morgan fingerprint density at radius 3 is 2.78 bits per heavy atom. The smallest absolute Gasteiger partial charge is 0.226 e. The summed E-state index contributed by atoms with van der Waals surface area (Å²) >= 11 is 0. The summed E-state index contributed by atoms with van der Waals surface area (Å²) in [5.41, 5.74) is 3.88. The first-order valence-electron chi connectivity index (χ1n) is 6.27. The second-order valence-corrected chi connectivity index (χ2v) is 5.45. The van der Waals surface area contributed by atoms with Crippen LogP contribution < -0.4 is 10.6 Å². The highest BCUT2D eigenvalue weighted by molar-refractivity contribution is 5.85. The van der Waals surface area contributed by atoms with Crippen LogP contribution in [0.4, 0.5) is 0 Å². The fourth-order valence-electron chi connectivity index (χ4n) is 2.27. The zero-order valence-corrected chi connectivity index (χ0v) is 11.4. The third kappa shape index (κ3) is 2.52. The maximum absolute atomic E-state index is 11.8. The van der Waals surface area contributed by atoms with Gasteiger partial charge in [0.25, 0.3) is 0 Å². The Labute approximate surface area is 114 Å². The monoisotopic (exact) mass is 266 g/mol. The van der Waals surface area contributed by atoms with E-state index in [0.717, 1.165) is 25.9 Å². The average Bonchev–Trinajstić information content (AvgIpc) is 2.93. The zero-order chi connectivity index (χ0) is 11.9. The van der Waals surface area contributed by atoms with Gasteiger partial charge in [0, 0.05) is 25.0 Å². The summed E-state index contributed by atoms with van der Waals surface area (Å²) in [5.74, 6) is 0.205. The van der Waals surface area contributed by atoms with Crippen molar-refractivity contribution in [3.63, 3.8) is 0 Å². The second kappa shape index (κ2) is 4.90. The number of nitrogens with one attached hydrogen (secondary N) is 2. The molecule has 2 N–H and O–H groups in total. The predicted octanol–water partition coefficient (Wildman–Crippen LogP) is 2.13. The van der Waals surface area contributed by atoms with Gasteiger partial charge in [-0.05, 0) is 29.5 Å². The Morgan fingerprint density at radius 1 is 1.33 bits per heavy atom. The Morgan fingerprint density at radius 2 is 2.06 bits per heavy atom. The molecule has 2 aliphatic rings. The first-order chi connectivity index (χ1) is 8.17. The molecule has 3 rings (SSSR count). The molecule has 0 radical (unpaired) electrons. The SMILES string of the molecule is CC1(C(=O)NCc2ccc3c(c2)CNC3)CC1.Cl. The van der Waals surface area contributed by atoms with E-state index in [0.29, 0.717) is 6.54 Å². The van der Waals surface area contributed by atoms with Gasteiger partial charge in [-0.2, -0.15) is 0 Å². The molecule has 4 heteroatoms. The van der Waals surface area contributed by atoms with Crippen LogP contribution in [-0.2, 0) is 24.4 Å². The Kier molecular flexibility index (Phi) is 3.64. The first-order valence-corrected chi connectivity index (χ1v) is 6.27. The third-order valence-corrected chi connectivity index (χ3v) is 3.90. The van der Waals surface area contributed by atoms with Crippen molar-refractivity contribution in [2.24, 2.45) is 5.41 Å². The molecule has 3 nitrogen and oxygen atoms in total. The van der Waals surface area contributed by atoms with Crippen LogP contribution in [-0.4, -0.2) is 5.91 Å². The van der Waals surface area contributed by atoms with Crippen LogP contribution in [0.1, 0.15) is 36.5 Å². The topological polar surface area (TPSA) is 41.1 Å². The van der Waals surface area contributed by atoms with Gasteiger partial charge in [0.05, 0.1) is 0 Å². The number of rotatable bonds is 3. The van der Waals surface area contributed by atoms with E-state index in [1.807, 2.05) is 6.92 Å². The number of amides is 1. The minimum atomic E-state index is -0.0711. The second-order valence-electron chi connectivity index (χ2n) is 5.45. The van der Waals surface area contributed by atoms with E-state index in [4.69, 9.17) is 0 Å². The highest BCUT2D eigenvalue weighted by atomic mass is 35.5. The number of hydrogen-bond acceptors (Lipinski definition) is 2. The lowest BCUT2D eigenvalue weighted by Crippen LogP contribution is -2.29. The number of carbonyl (C=O) groups excluding carboxylic acids is 1. The lowest BCUT2D eigenvalue weighted by molar-refractivity contribution is -0.125. The van der Waals surface area contributed by atoms with E-state index in [-0.39, 0.29) is 23.7 Å². The Balaban J connectivity index is 0.00000120. The zero-order valence-electron chi connectivity index (χ0n) is 10.6. The molecular formula is C14H19ClN2O. The van der Waals surface area contributed by atoms with Gasteiger partial charge in [-0.3, -0.25) is 4.79 Å². The van der Waals surface area contributed by atoms with Crippen LogP contribution in [0.15, 0.2) is 18.2 Å². The predicted molar refractivity (Wildman–Crippen MR) is 73.4 cm³/mol. The van der Waals surface area contributed by atoms with Crippen molar-refractivity contribution in [1.82, 2.24) is 10.6 Å². The number of halogens is 1. The molecule has 1 fully saturated rings. The molecule has 0 unspecified atom stereocenters. The van der Waals surface area contributed by atoms with E-state index in [1.165, 1.54) is 16.7 Å². The molecule has 1 aliphatic heterocycles. The van der Waals surface area contributed by atoms with Gasteiger partial charge >= 0.3 is 0 Å². The fraction of sp³-hybridized carbons (Fsp3) is 0.500. The molecule has 0 spiro atoms. The molecule has 1 saturated carbocycles. The lowest BCUT2D eigenvalue weighted by Gasteiger charge is -2.10. The maximum Gasteiger partial charge on any atom is 0.226 e. The van der Waals surface area contributed by atoms with Crippen molar-refractivity contribution in [3.8, 4) is 0 Å². The van der Waals surface area contributed by atoms with Crippen molar-refractivity contribution in [3.05, 3.63) is 34.9 Å². The summed E-state index contributed by atoms with van der Waals surface area (Å²) in [7, 11) is 0. The molecule has 1 heterocycles. The van der Waals surface area contributed by atoms with Gasteiger partial charge in [-0.15, -0.1) is 12.4 Å². The number of carbonyl (C=O) groups is 1. The number of benzene rings is 1. The molecule has 1 amide bonds. The van der Waals surface area contributed by atoms with Crippen LogP contribution >= 0.6 is 12.4 Å². The molecule has 1 aliphatic carbocycles. The molecular weight excluding hydrogens is 248 g/mol. The van der Waals surface area contributed by atoms with Gasteiger partial charge in [0.15, 0.2) is 0 Å². The van der Waals surface area contributed by atoms with E-state index >= 15 is 0 Å². The molecule has 0 saturated heterocycles. The van der Waals surface area contributed by atoms with Crippen molar-refractivity contribution in [1.29, 1.82) is 0 Å². The number of hydrogen-bond donors (Lipinski definition) is 2. The normalized spacial score (nSPS) is 18.7. The van der Waals surface area contributed by atoms with Crippen LogP contribution in [0.3, 0.4) is 0 Å². The summed E-state index contributed by atoms with van der Waals surface area (Å²) in [6, 6.07) is 6.47. The molecule has 0 atom stereocenters. The van der Waals surface area contributed by atoms with E-state index in [2.05, 4.69) is 28.8 Å². The van der Waals surface area contributed by atoms with Crippen LogP contribution in [0.25, 0.3) is 0 Å². The summed E-state index contributed by atoms with van der Waals surface area (Å²) in [4.78, 5) is 11.8. The molecule has 0 bridgehead atoms. The van der Waals surface area contributed by atoms with Gasteiger partial charge in [0.2, 0.25) is 5.91 Å². The standard InChI is InChI=1S/C14H18N2O.ClH/c1-14(4-5-14)13(17)16-7-10-2-3-11-8-15-9-12(11)6-10;/h2-3,6,15H,4-5,7-9H2,1H3,(H,16,17);1H. The molecule has 98 valence electrons. The molecule has 18 heavy (non-hydrogen) atoms. The van der Waals surface area contributed by atoms with Crippen LogP contribution in [0.5, 0.6) is 0 Å². The van der Waals surface area contributed by atoms with Gasteiger partial charge in [-0.1, -0.05) is 25.1 Å². The Bertz CT molecular complexity index is 469. The highest BCUT2D eigenvalue weighted by Crippen LogP contribution is 2.45. The van der Waals surface area contributed by atoms with Gasteiger partial charge in [-0.25, -0.2) is 0 Å². The Hall–Kier alpha value is -1.06. The molecule has 0 aromatic heterocycles. The lowest BCUT2D eigenvalue weighted by atomic mass is 10.1. The van der Waals surface area contributed by atoms with Crippen LogP contribution in [0, 0.1) is 5.41 Å². The minimum absolute atomic E-state index is 0. The molecule has 1 aromatic rings. The van der Waals surface area contributed by atoms with Crippen molar-refractivity contribution in [2.75, 3.05) is 0 Å². The van der Waals surface area contributed by atoms with E-state index < -0.39 is 0 Å². The van der Waals surface area contributed by atoms with Crippen molar-refractivity contribution >= 4 is 18.3 Å². The number of fused-ring (bicyclic) bond motifs is 1. The average molecular weight is 267 g/mol. The fourth-order valence-corrected chi connectivity index (χ4v) is 2.27. The third-order valence-electron chi connectivity index (χ3n) is 3.90. The summed E-state index contributed by atoms with van der Waals surface area (Å²) in [5, 5.41) is 6.36. The van der Waals surface area contributed by atoms with Gasteiger partial charge < -0.3 is 10.6 Å².